The van der Waals surface area contributed by atoms with E-state index in [0.717, 1.165) is 35.0 Å². The van der Waals surface area contributed by atoms with Crippen molar-refractivity contribution >= 4 is 28.3 Å². The second-order valence-corrected chi connectivity index (χ2v) is 6.06. The van der Waals surface area contributed by atoms with Crippen molar-refractivity contribution in [2.24, 2.45) is 0 Å². The Kier molecular flexibility index (Phi) is 4.64. The van der Waals surface area contributed by atoms with E-state index in [1.165, 1.54) is 0 Å². The average Bonchev–Trinajstić information content (AvgIpc) is 2.60. The number of rotatable bonds is 4. The van der Waals surface area contributed by atoms with Gasteiger partial charge in [0.15, 0.2) is 0 Å². The van der Waals surface area contributed by atoms with Crippen LogP contribution >= 0.6 is 11.6 Å². The van der Waals surface area contributed by atoms with Crippen molar-refractivity contribution in [3.05, 3.63) is 58.6 Å². The smallest absolute Gasteiger partial charge is 0.124 e. The molecule has 0 radical (unpaired) electrons. The summed E-state index contributed by atoms with van der Waals surface area (Å²) in [6, 6.07) is 7.65. The Hall–Kier alpha value is -2.64. The van der Waals surface area contributed by atoms with Crippen LogP contribution in [0.25, 0.3) is 10.9 Å². The molecule has 1 aromatic carbocycles. The van der Waals surface area contributed by atoms with Gasteiger partial charge < -0.3 is 5.73 Å². The summed E-state index contributed by atoms with van der Waals surface area (Å²) >= 11 is 6.10. The number of halogens is 1. The number of aromatic nitrogens is 3. The second-order valence-electron chi connectivity index (χ2n) is 5.65. The van der Waals surface area contributed by atoms with Gasteiger partial charge in [-0.05, 0) is 36.6 Å². The number of hydrogen-bond acceptors (Lipinski definition) is 4. The number of nitrogen functional groups attached to an aromatic ring is 1. The fourth-order valence-corrected chi connectivity index (χ4v) is 3.02. The molecule has 0 saturated carbocycles. The van der Waals surface area contributed by atoms with E-state index < -0.39 is 0 Å². The summed E-state index contributed by atoms with van der Waals surface area (Å²) in [5.74, 6) is 3.31. The first-order valence-electron chi connectivity index (χ1n) is 7.73. The Balaban J connectivity index is 2.01. The molecule has 0 aliphatic carbocycles. The molecular formula is C19H17ClN4. The van der Waals surface area contributed by atoms with Gasteiger partial charge >= 0.3 is 0 Å². The number of nitrogens with two attached hydrogens (primary N) is 1. The number of hydrogen-bond donors (Lipinski definition) is 1. The van der Waals surface area contributed by atoms with Crippen LogP contribution < -0.4 is 5.73 Å². The number of pyridine rings is 1. The predicted octanol–water partition coefficient (Wildman–Crippen LogP) is 3.98. The third-order valence-electron chi connectivity index (χ3n) is 4.12. The molecule has 3 aromatic rings. The van der Waals surface area contributed by atoms with Gasteiger partial charge in [0.1, 0.15) is 12.1 Å². The number of benzene rings is 1. The summed E-state index contributed by atoms with van der Waals surface area (Å²) in [5.41, 5.74) is 9.46. The highest BCUT2D eigenvalue weighted by Gasteiger charge is 2.16. The van der Waals surface area contributed by atoms with Gasteiger partial charge in [-0.25, -0.2) is 15.0 Å². The van der Waals surface area contributed by atoms with Gasteiger partial charge in [0, 0.05) is 16.9 Å². The summed E-state index contributed by atoms with van der Waals surface area (Å²) in [6.07, 6.45) is 10.5. The molecule has 5 heteroatoms. The van der Waals surface area contributed by atoms with Crippen molar-refractivity contribution in [3.63, 3.8) is 0 Å². The zero-order chi connectivity index (χ0) is 17.1. The first-order valence-corrected chi connectivity index (χ1v) is 8.11. The molecule has 1 atom stereocenters. The second kappa shape index (κ2) is 6.86. The molecule has 24 heavy (non-hydrogen) atoms. The highest BCUT2D eigenvalue weighted by atomic mass is 35.5. The van der Waals surface area contributed by atoms with Crippen LogP contribution in [-0.4, -0.2) is 15.0 Å². The van der Waals surface area contributed by atoms with Crippen LogP contribution in [0.15, 0.2) is 36.8 Å². The maximum absolute atomic E-state index is 6.10. The molecule has 120 valence electrons. The highest BCUT2D eigenvalue weighted by molar-refractivity contribution is 6.31. The average molecular weight is 337 g/mol. The maximum Gasteiger partial charge on any atom is 0.124 e. The molecule has 0 aliphatic rings. The Bertz CT molecular complexity index is 930. The monoisotopic (exact) mass is 336 g/mol. The molecule has 0 bridgehead atoms. The zero-order valence-corrected chi connectivity index (χ0v) is 14.1. The largest absolute Gasteiger partial charge is 0.384 e. The van der Waals surface area contributed by atoms with Crippen molar-refractivity contribution in [2.45, 2.75) is 25.7 Å². The van der Waals surface area contributed by atoms with Crippen LogP contribution in [-0.2, 0) is 6.42 Å². The van der Waals surface area contributed by atoms with Gasteiger partial charge in [0.25, 0.3) is 0 Å². The van der Waals surface area contributed by atoms with Crippen molar-refractivity contribution in [1.82, 2.24) is 15.0 Å². The predicted molar refractivity (Wildman–Crippen MR) is 97.9 cm³/mol. The van der Waals surface area contributed by atoms with E-state index in [2.05, 4.69) is 27.8 Å². The molecule has 2 N–H and O–H groups in total. The highest BCUT2D eigenvalue weighted by Crippen LogP contribution is 2.29. The van der Waals surface area contributed by atoms with Gasteiger partial charge in [-0.15, -0.1) is 6.42 Å². The Morgan fingerprint density at radius 2 is 2.08 bits per heavy atom. The maximum atomic E-state index is 6.10. The van der Waals surface area contributed by atoms with E-state index in [1.807, 2.05) is 24.3 Å². The lowest BCUT2D eigenvalue weighted by Crippen LogP contribution is -2.07. The van der Waals surface area contributed by atoms with Crippen molar-refractivity contribution in [3.8, 4) is 12.3 Å². The molecule has 0 saturated heterocycles. The van der Waals surface area contributed by atoms with Gasteiger partial charge in [-0.1, -0.05) is 30.5 Å². The molecule has 0 amide bonds. The van der Waals surface area contributed by atoms with Gasteiger partial charge in [0.05, 0.1) is 22.4 Å². The van der Waals surface area contributed by atoms with Gasteiger partial charge in [0.2, 0.25) is 0 Å². The van der Waals surface area contributed by atoms with Crippen LogP contribution in [0, 0.1) is 12.3 Å². The Labute approximate surface area is 146 Å². The third-order valence-corrected chi connectivity index (χ3v) is 4.45. The fraction of sp³-hybridized carbons (Fsp3) is 0.211. The Morgan fingerprint density at radius 1 is 1.25 bits per heavy atom. The molecule has 2 aromatic heterocycles. The molecule has 0 spiro atoms. The normalized spacial score (nSPS) is 12.0. The Morgan fingerprint density at radius 3 is 2.83 bits per heavy atom. The SMILES string of the molecule is C#Cc1cc(CC(CC)c2ncnc3cnc(N)cc23)ccc1Cl. The molecule has 3 rings (SSSR count). The minimum atomic E-state index is 0.226. The molecule has 0 aliphatic heterocycles. The van der Waals surface area contributed by atoms with E-state index in [-0.39, 0.29) is 5.92 Å². The van der Waals surface area contributed by atoms with Crippen molar-refractivity contribution in [1.29, 1.82) is 0 Å². The lowest BCUT2D eigenvalue weighted by molar-refractivity contribution is 0.644. The molecule has 2 heterocycles. The van der Waals surface area contributed by atoms with Crippen LogP contribution in [0.5, 0.6) is 0 Å². The number of nitrogens with zero attached hydrogens (tertiary/aromatic N) is 3. The van der Waals surface area contributed by atoms with E-state index in [1.54, 1.807) is 12.5 Å². The summed E-state index contributed by atoms with van der Waals surface area (Å²) in [4.78, 5) is 12.9. The minimum Gasteiger partial charge on any atom is -0.384 e. The van der Waals surface area contributed by atoms with Crippen molar-refractivity contribution < 1.29 is 0 Å². The summed E-state index contributed by atoms with van der Waals surface area (Å²) in [5, 5.41) is 1.55. The van der Waals surface area contributed by atoms with E-state index in [9.17, 15) is 0 Å². The van der Waals surface area contributed by atoms with Gasteiger partial charge in [-0.2, -0.15) is 0 Å². The number of fused-ring (bicyclic) bond motifs is 1. The van der Waals surface area contributed by atoms with Crippen LogP contribution in [0.3, 0.4) is 0 Å². The van der Waals surface area contributed by atoms with E-state index in [4.69, 9.17) is 23.8 Å². The molecule has 4 nitrogen and oxygen atoms in total. The van der Waals surface area contributed by atoms with Crippen molar-refractivity contribution in [2.75, 3.05) is 5.73 Å². The lowest BCUT2D eigenvalue weighted by Gasteiger charge is -2.17. The van der Waals surface area contributed by atoms with Crippen LogP contribution in [0.4, 0.5) is 5.82 Å². The van der Waals surface area contributed by atoms with Crippen LogP contribution in [0.2, 0.25) is 5.02 Å². The third kappa shape index (κ3) is 3.17. The first-order chi connectivity index (χ1) is 11.6. The zero-order valence-electron chi connectivity index (χ0n) is 13.3. The molecular weight excluding hydrogens is 320 g/mol. The summed E-state index contributed by atoms with van der Waals surface area (Å²) in [6.45, 7) is 2.14. The minimum absolute atomic E-state index is 0.226. The number of terminal acetylenes is 1. The summed E-state index contributed by atoms with van der Waals surface area (Å²) < 4.78 is 0. The van der Waals surface area contributed by atoms with Crippen LogP contribution in [0.1, 0.15) is 36.1 Å². The fourth-order valence-electron chi connectivity index (χ4n) is 2.85. The topological polar surface area (TPSA) is 64.7 Å². The first kappa shape index (κ1) is 16.2. The lowest BCUT2D eigenvalue weighted by atomic mass is 9.91. The van der Waals surface area contributed by atoms with Gasteiger partial charge in [-0.3, -0.25) is 0 Å². The molecule has 1 unspecified atom stereocenters. The van der Waals surface area contributed by atoms with E-state index in [0.29, 0.717) is 16.4 Å². The number of anilines is 1. The summed E-state index contributed by atoms with van der Waals surface area (Å²) in [7, 11) is 0. The standard InChI is InChI=1S/C19H17ClN4/c1-3-13-7-12(5-6-16(13)20)8-14(4-2)19-15-9-18(21)22-10-17(15)23-11-24-19/h1,5-7,9-11,14H,4,8H2,2H3,(H2,21,22). The molecule has 0 fully saturated rings. The quantitative estimate of drug-likeness (QED) is 0.732. The van der Waals surface area contributed by atoms with E-state index >= 15 is 0 Å².